The molecule has 1 heterocycles. The van der Waals surface area contributed by atoms with Crippen LogP contribution in [0.5, 0.6) is 5.75 Å². The van der Waals surface area contributed by atoms with Crippen LogP contribution in [0, 0.1) is 0 Å². The number of halogens is 1. The molecule has 1 aromatic heterocycles. The summed E-state index contributed by atoms with van der Waals surface area (Å²) < 4.78 is 5.84. The van der Waals surface area contributed by atoms with Gasteiger partial charge in [-0.1, -0.05) is 12.1 Å². The van der Waals surface area contributed by atoms with Crippen LogP contribution in [0.2, 0.25) is 0 Å². The zero-order valence-electron chi connectivity index (χ0n) is 10.9. The molecule has 1 amide bonds. The molecule has 0 saturated carbocycles. The van der Waals surface area contributed by atoms with Gasteiger partial charge < -0.3 is 15.8 Å². The van der Waals surface area contributed by atoms with Gasteiger partial charge in [0.25, 0.3) is 5.91 Å². The Labute approximate surface area is 125 Å². The van der Waals surface area contributed by atoms with Crippen molar-refractivity contribution in [3.63, 3.8) is 0 Å². The third-order valence-corrected chi connectivity index (χ3v) is 3.15. The van der Waals surface area contributed by atoms with Crippen LogP contribution >= 0.6 is 15.9 Å². The third kappa shape index (κ3) is 3.48. The zero-order valence-corrected chi connectivity index (χ0v) is 12.5. The van der Waals surface area contributed by atoms with Gasteiger partial charge in [0.1, 0.15) is 11.6 Å². The Morgan fingerprint density at radius 1 is 1.45 bits per heavy atom. The van der Waals surface area contributed by atoms with Crippen LogP contribution in [0.25, 0.3) is 0 Å². The second-order valence-corrected chi connectivity index (χ2v) is 5.04. The van der Waals surface area contributed by atoms with Gasteiger partial charge in [-0.05, 0) is 39.7 Å². The summed E-state index contributed by atoms with van der Waals surface area (Å²) in [4.78, 5) is 16.0. The highest BCUT2D eigenvalue weighted by molar-refractivity contribution is 9.10. The quantitative estimate of drug-likeness (QED) is 0.899. The molecular weight excluding hydrogens is 322 g/mol. The van der Waals surface area contributed by atoms with Crippen LogP contribution in [0.4, 0.5) is 5.82 Å². The summed E-state index contributed by atoms with van der Waals surface area (Å²) >= 11 is 3.26. The number of pyridine rings is 1. The molecule has 0 unspecified atom stereocenters. The first-order valence-electron chi connectivity index (χ1n) is 5.92. The van der Waals surface area contributed by atoms with Crippen LogP contribution in [0.15, 0.2) is 41.0 Å². The summed E-state index contributed by atoms with van der Waals surface area (Å²) in [6, 6.07) is 9.13. The number of anilines is 1. The molecule has 0 aliphatic carbocycles. The molecule has 20 heavy (non-hydrogen) atoms. The molecular formula is C14H14BrN3O2. The maximum absolute atomic E-state index is 12.1. The summed E-state index contributed by atoms with van der Waals surface area (Å²) in [5.41, 5.74) is 6.99. The number of carbonyl (C=O) groups excluding carboxylic acids is 1. The molecule has 0 aliphatic rings. The van der Waals surface area contributed by atoms with E-state index in [0.29, 0.717) is 16.6 Å². The van der Waals surface area contributed by atoms with Crippen LogP contribution in [-0.2, 0) is 6.54 Å². The number of aromatic nitrogens is 1. The van der Waals surface area contributed by atoms with Crippen molar-refractivity contribution in [2.75, 3.05) is 12.8 Å². The summed E-state index contributed by atoms with van der Waals surface area (Å²) in [7, 11) is 1.60. The number of nitrogen functional groups attached to an aromatic ring is 1. The highest BCUT2D eigenvalue weighted by Gasteiger charge is 2.11. The molecule has 2 rings (SSSR count). The second-order valence-electron chi connectivity index (χ2n) is 4.12. The van der Waals surface area contributed by atoms with Crippen molar-refractivity contribution in [2.45, 2.75) is 6.54 Å². The molecule has 2 aromatic rings. The Kier molecular flexibility index (Phi) is 4.57. The lowest BCUT2D eigenvalue weighted by Crippen LogP contribution is -2.24. The normalized spacial score (nSPS) is 10.1. The standard InChI is InChI=1S/C14H14BrN3O2/c1-20-11-4-2-3-9(5-11)7-18-14(19)12-6-10(15)8-17-13(12)16/h2-6,8H,7H2,1H3,(H2,16,17)(H,18,19). The van der Waals surface area contributed by atoms with Crippen molar-refractivity contribution in [3.05, 3.63) is 52.1 Å². The topological polar surface area (TPSA) is 77.2 Å². The molecule has 0 bridgehead atoms. The molecule has 0 saturated heterocycles. The Morgan fingerprint density at radius 3 is 3.00 bits per heavy atom. The Balaban J connectivity index is 2.06. The largest absolute Gasteiger partial charge is 0.497 e. The number of nitrogens with two attached hydrogens (primary N) is 1. The fraction of sp³-hybridized carbons (Fsp3) is 0.143. The van der Waals surface area contributed by atoms with Gasteiger partial charge in [-0.25, -0.2) is 4.98 Å². The Hall–Kier alpha value is -2.08. The van der Waals surface area contributed by atoms with Gasteiger partial charge in [-0.15, -0.1) is 0 Å². The van der Waals surface area contributed by atoms with Gasteiger partial charge in [0.2, 0.25) is 0 Å². The first-order chi connectivity index (χ1) is 9.60. The van der Waals surface area contributed by atoms with Crippen LogP contribution in [0.1, 0.15) is 15.9 Å². The SMILES string of the molecule is COc1cccc(CNC(=O)c2cc(Br)cnc2N)c1. The number of hydrogen-bond donors (Lipinski definition) is 2. The van der Waals surface area contributed by atoms with E-state index >= 15 is 0 Å². The zero-order chi connectivity index (χ0) is 14.5. The number of ether oxygens (including phenoxy) is 1. The van der Waals surface area contributed by atoms with Gasteiger partial charge in [-0.3, -0.25) is 4.79 Å². The van der Waals surface area contributed by atoms with Crippen molar-refractivity contribution in [3.8, 4) is 5.75 Å². The van der Waals surface area contributed by atoms with E-state index in [0.717, 1.165) is 11.3 Å². The minimum absolute atomic E-state index is 0.205. The van der Waals surface area contributed by atoms with Gasteiger partial charge >= 0.3 is 0 Å². The fourth-order valence-corrected chi connectivity index (χ4v) is 2.02. The molecule has 0 atom stereocenters. The molecule has 5 nitrogen and oxygen atoms in total. The fourth-order valence-electron chi connectivity index (χ4n) is 1.69. The average molecular weight is 336 g/mol. The molecule has 6 heteroatoms. The van der Waals surface area contributed by atoms with Crippen molar-refractivity contribution >= 4 is 27.7 Å². The monoisotopic (exact) mass is 335 g/mol. The molecule has 0 radical (unpaired) electrons. The predicted molar refractivity (Wildman–Crippen MR) is 80.5 cm³/mol. The van der Waals surface area contributed by atoms with Crippen molar-refractivity contribution in [1.29, 1.82) is 0 Å². The van der Waals surface area contributed by atoms with Crippen LogP contribution in [0.3, 0.4) is 0 Å². The number of carbonyl (C=O) groups is 1. The lowest BCUT2D eigenvalue weighted by Gasteiger charge is -2.08. The smallest absolute Gasteiger partial charge is 0.255 e. The first kappa shape index (κ1) is 14.3. The molecule has 0 spiro atoms. The van der Waals surface area contributed by atoms with E-state index in [1.807, 2.05) is 24.3 Å². The van der Waals surface area contributed by atoms with Crippen molar-refractivity contribution < 1.29 is 9.53 Å². The van der Waals surface area contributed by atoms with E-state index in [2.05, 4.69) is 26.2 Å². The van der Waals surface area contributed by atoms with Crippen LogP contribution < -0.4 is 15.8 Å². The number of methoxy groups -OCH3 is 1. The number of benzene rings is 1. The predicted octanol–water partition coefficient (Wildman–Crippen LogP) is 2.36. The minimum atomic E-state index is -0.265. The lowest BCUT2D eigenvalue weighted by molar-refractivity contribution is 0.0951. The third-order valence-electron chi connectivity index (χ3n) is 2.72. The highest BCUT2D eigenvalue weighted by atomic mass is 79.9. The summed E-state index contributed by atoms with van der Waals surface area (Å²) in [5, 5.41) is 2.80. The van der Waals surface area contributed by atoms with E-state index in [4.69, 9.17) is 10.5 Å². The van der Waals surface area contributed by atoms with Crippen molar-refractivity contribution in [1.82, 2.24) is 10.3 Å². The van der Waals surface area contributed by atoms with Gasteiger partial charge in [0.05, 0.1) is 12.7 Å². The molecule has 3 N–H and O–H groups in total. The number of rotatable bonds is 4. The van der Waals surface area contributed by atoms with Gasteiger partial charge in [0, 0.05) is 17.2 Å². The van der Waals surface area contributed by atoms with Gasteiger partial charge in [-0.2, -0.15) is 0 Å². The highest BCUT2D eigenvalue weighted by Crippen LogP contribution is 2.16. The average Bonchev–Trinajstić information content (AvgIpc) is 2.47. The van der Waals surface area contributed by atoms with E-state index in [-0.39, 0.29) is 11.7 Å². The number of amides is 1. The maximum atomic E-state index is 12.1. The number of nitrogens with zero attached hydrogens (tertiary/aromatic N) is 1. The number of hydrogen-bond acceptors (Lipinski definition) is 4. The summed E-state index contributed by atoms with van der Waals surface area (Å²) in [5.74, 6) is 0.691. The maximum Gasteiger partial charge on any atom is 0.255 e. The minimum Gasteiger partial charge on any atom is -0.497 e. The Morgan fingerprint density at radius 2 is 2.25 bits per heavy atom. The van der Waals surface area contributed by atoms with E-state index < -0.39 is 0 Å². The lowest BCUT2D eigenvalue weighted by atomic mass is 10.2. The molecule has 104 valence electrons. The summed E-state index contributed by atoms with van der Waals surface area (Å²) in [6.45, 7) is 0.391. The van der Waals surface area contributed by atoms with E-state index in [1.54, 1.807) is 19.4 Å². The van der Waals surface area contributed by atoms with Crippen molar-refractivity contribution in [2.24, 2.45) is 0 Å². The second kappa shape index (κ2) is 6.38. The van der Waals surface area contributed by atoms with E-state index in [9.17, 15) is 4.79 Å². The first-order valence-corrected chi connectivity index (χ1v) is 6.71. The molecule has 1 aromatic carbocycles. The molecule has 0 aliphatic heterocycles. The van der Waals surface area contributed by atoms with E-state index in [1.165, 1.54) is 0 Å². The van der Waals surface area contributed by atoms with Gasteiger partial charge in [0.15, 0.2) is 0 Å². The molecule has 0 fully saturated rings. The number of nitrogens with one attached hydrogen (secondary N) is 1. The summed E-state index contributed by atoms with van der Waals surface area (Å²) in [6.07, 6.45) is 1.55. The Bertz CT molecular complexity index is 632. The van der Waals surface area contributed by atoms with Crippen LogP contribution in [-0.4, -0.2) is 18.0 Å².